The van der Waals surface area contributed by atoms with Crippen LogP contribution >= 0.6 is 11.3 Å². The fourth-order valence-electron chi connectivity index (χ4n) is 2.52. The summed E-state index contributed by atoms with van der Waals surface area (Å²) in [7, 11) is -2.56. The van der Waals surface area contributed by atoms with E-state index in [0.717, 1.165) is 10.1 Å². The number of sulfonamides is 1. The SMILES string of the molecule is COC(=O)Nc1ccc(S(=O)(=O)NC[C@@H](O)c2csc3ccccc23)cc1. The zero-order chi connectivity index (χ0) is 19.4. The molecule has 0 radical (unpaired) electrons. The number of fused-ring (bicyclic) bond motifs is 1. The predicted octanol–water partition coefficient (Wildman–Crippen LogP) is 3.09. The van der Waals surface area contributed by atoms with Gasteiger partial charge in [0, 0.05) is 22.5 Å². The van der Waals surface area contributed by atoms with Gasteiger partial charge in [0.25, 0.3) is 0 Å². The molecule has 0 spiro atoms. The summed E-state index contributed by atoms with van der Waals surface area (Å²) in [5.74, 6) is 0. The van der Waals surface area contributed by atoms with Crippen LogP contribution in [0.15, 0.2) is 58.8 Å². The normalized spacial score (nSPS) is 12.7. The molecule has 142 valence electrons. The van der Waals surface area contributed by atoms with Gasteiger partial charge in [0.15, 0.2) is 0 Å². The maximum Gasteiger partial charge on any atom is 0.411 e. The minimum Gasteiger partial charge on any atom is -0.453 e. The molecular weight excluding hydrogens is 388 g/mol. The summed E-state index contributed by atoms with van der Waals surface area (Å²) in [5.41, 5.74) is 1.10. The number of aliphatic hydroxyl groups is 1. The van der Waals surface area contributed by atoms with Gasteiger partial charge in [-0.2, -0.15) is 0 Å². The van der Waals surface area contributed by atoms with E-state index in [2.05, 4.69) is 14.8 Å². The van der Waals surface area contributed by atoms with Gasteiger partial charge in [-0.05, 0) is 41.1 Å². The Morgan fingerprint density at radius 2 is 1.89 bits per heavy atom. The van der Waals surface area contributed by atoms with Crippen molar-refractivity contribution in [2.24, 2.45) is 0 Å². The molecule has 9 heteroatoms. The summed E-state index contributed by atoms with van der Waals surface area (Å²) >= 11 is 1.50. The first-order valence-electron chi connectivity index (χ1n) is 7.99. The van der Waals surface area contributed by atoms with Crippen LogP contribution in [0.2, 0.25) is 0 Å². The molecule has 0 bridgehead atoms. The lowest BCUT2D eigenvalue weighted by Crippen LogP contribution is -2.28. The van der Waals surface area contributed by atoms with Crippen LogP contribution in [-0.4, -0.2) is 33.3 Å². The predicted molar refractivity (Wildman–Crippen MR) is 104 cm³/mol. The highest BCUT2D eigenvalue weighted by Gasteiger charge is 2.19. The van der Waals surface area contributed by atoms with Crippen LogP contribution in [0, 0.1) is 0 Å². The second kappa shape index (κ2) is 8.05. The van der Waals surface area contributed by atoms with Crippen molar-refractivity contribution in [2.45, 2.75) is 11.0 Å². The summed E-state index contributed by atoms with van der Waals surface area (Å²) in [6.45, 7) is -0.148. The lowest BCUT2D eigenvalue weighted by Gasteiger charge is -2.12. The summed E-state index contributed by atoms with van der Waals surface area (Å²) in [6.07, 6.45) is -1.61. The van der Waals surface area contributed by atoms with Crippen molar-refractivity contribution < 1.29 is 23.1 Å². The molecule has 0 saturated heterocycles. The molecule has 1 aromatic heterocycles. The van der Waals surface area contributed by atoms with E-state index in [1.54, 1.807) is 0 Å². The number of methoxy groups -OCH3 is 1. The van der Waals surface area contributed by atoms with Crippen molar-refractivity contribution in [3.05, 3.63) is 59.5 Å². The first-order valence-corrected chi connectivity index (χ1v) is 10.4. The third-order valence-electron chi connectivity index (χ3n) is 3.93. The lowest BCUT2D eigenvalue weighted by atomic mass is 10.1. The van der Waals surface area contributed by atoms with Gasteiger partial charge >= 0.3 is 6.09 Å². The maximum atomic E-state index is 12.4. The molecule has 3 aromatic rings. The Morgan fingerprint density at radius 3 is 2.59 bits per heavy atom. The first kappa shape index (κ1) is 19.3. The van der Waals surface area contributed by atoms with Gasteiger partial charge < -0.3 is 9.84 Å². The molecule has 1 atom stereocenters. The number of carbonyl (C=O) groups excluding carboxylic acids is 1. The van der Waals surface area contributed by atoms with E-state index in [-0.39, 0.29) is 11.4 Å². The van der Waals surface area contributed by atoms with E-state index < -0.39 is 22.2 Å². The van der Waals surface area contributed by atoms with Crippen LogP contribution in [0.1, 0.15) is 11.7 Å². The standard InChI is InChI=1S/C18H18N2O5S2/c1-25-18(22)20-12-6-8-13(9-7-12)27(23,24)19-10-16(21)15-11-26-17-5-3-2-4-14(15)17/h2-9,11,16,19,21H,10H2,1H3,(H,20,22)/t16-/m1/s1. The van der Waals surface area contributed by atoms with Crippen molar-refractivity contribution in [1.82, 2.24) is 4.72 Å². The number of benzene rings is 2. The number of nitrogens with one attached hydrogen (secondary N) is 2. The maximum absolute atomic E-state index is 12.4. The molecular formula is C18H18N2O5S2. The Bertz CT molecular complexity index is 1050. The molecule has 0 unspecified atom stereocenters. The number of thiophene rings is 1. The summed E-state index contributed by atoms with van der Waals surface area (Å²) in [6, 6.07) is 13.3. The van der Waals surface area contributed by atoms with E-state index in [1.165, 1.54) is 42.7 Å². The second-order valence-electron chi connectivity index (χ2n) is 5.70. The Labute approximate surface area is 160 Å². The van der Waals surface area contributed by atoms with E-state index in [1.807, 2.05) is 29.6 Å². The monoisotopic (exact) mass is 406 g/mol. The number of ether oxygens (including phenoxy) is 1. The van der Waals surface area contributed by atoms with Crippen molar-refractivity contribution in [2.75, 3.05) is 19.0 Å². The van der Waals surface area contributed by atoms with Gasteiger partial charge in [-0.3, -0.25) is 5.32 Å². The van der Waals surface area contributed by atoms with Gasteiger partial charge in [-0.15, -0.1) is 11.3 Å². The highest BCUT2D eigenvalue weighted by atomic mass is 32.2. The molecule has 1 amide bonds. The Balaban J connectivity index is 1.68. The Morgan fingerprint density at radius 1 is 1.19 bits per heavy atom. The first-order chi connectivity index (χ1) is 12.9. The number of aliphatic hydroxyl groups excluding tert-OH is 1. The third-order valence-corrected chi connectivity index (χ3v) is 6.35. The minimum absolute atomic E-state index is 0.0280. The lowest BCUT2D eigenvalue weighted by molar-refractivity contribution is 0.184. The number of hydrogen-bond donors (Lipinski definition) is 3. The molecule has 0 saturated carbocycles. The largest absolute Gasteiger partial charge is 0.453 e. The smallest absolute Gasteiger partial charge is 0.411 e. The Kier molecular flexibility index (Phi) is 5.76. The summed E-state index contributed by atoms with van der Waals surface area (Å²) < 4.78 is 32.8. The van der Waals surface area contributed by atoms with E-state index in [0.29, 0.717) is 11.3 Å². The quantitative estimate of drug-likeness (QED) is 0.583. The zero-order valence-corrected chi connectivity index (χ0v) is 16.0. The molecule has 3 rings (SSSR count). The van der Waals surface area contributed by atoms with Crippen molar-refractivity contribution >= 4 is 43.2 Å². The van der Waals surface area contributed by atoms with Crippen LogP contribution in [0.4, 0.5) is 10.5 Å². The Hall–Kier alpha value is -2.46. The van der Waals surface area contributed by atoms with E-state index in [4.69, 9.17) is 0 Å². The van der Waals surface area contributed by atoms with Crippen LogP contribution in [0.25, 0.3) is 10.1 Å². The summed E-state index contributed by atoms with van der Waals surface area (Å²) in [4.78, 5) is 11.2. The van der Waals surface area contributed by atoms with Gasteiger partial charge in [-0.1, -0.05) is 18.2 Å². The number of hydrogen-bond acceptors (Lipinski definition) is 6. The number of amides is 1. The van der Waals surface area contributed by atoms with Crippen LogP contribution in [-0.2, 0) is 14.8 Å². The van der Waals surface area contributed by atoms with Gasteiger partial charge in [0.2, 0.25) is 10.0 Å². The van der Waals surface area contributed by atoms with Crippen LogP contribution in [0.3, 0.4) is 0 Å². The molecule has 7 nitrogen and oxygen atoms in total. The van der Waals surface area contributed by atoms with E-state index >= 15 is 0 Å². The molecule has 27 heavy (non-hydrogen) atoms. The average Bonchev–Trinajstić information content (AvgIpc) is 3.11. The molecule has 0 fully saturated rings. The molecule has 3 N–H and O–H groups in total. The van der Waals surface area contributed by atoms with E-state index in [9.17, 15) is 18.3 Å². The minimum atomic E-state index is -3.80. The topological polar surface area (TPSA) is 105 Å². The number of carbonyl (C=O) groups is 1. The molecule has 0 aliphatic carbocycles. The number of anilines is 1. The molecule has 0 aliphatic heterocycles. The van der Waals surface area contributed by atoms with Crippen molar-refractivity contribution in [1.29, 1.82) is 0 Å². The van der Waals surface area contributed by atoms with Gasteiger partial charge in [0.05, 0.1) is 18.1 Å². The molecule has 2 aromatic carbocycles. The average molecular weight is 406 g/mol. The molecule has 0 aliphatic rings. The van der Waals surface area contributed by atoms with Gasteiger partial charge in [0.1, 0.15) is 0 Å². The zero-order valence-electron chi connectivity index (χ0n) is 14.4. The summed E-state index contributed by atoms with van der Waals surface area (Å²) in [5, 5.41) is 15.6. The van der Waals surface area contributed by atoms with Crippen LogP contribution < -0.4 is 10.0 Å². The van der Waals surface area contributed by atoms with Crippen LogP contribution in [0.5, 0.6) is 0 Å². The fourth-order valence-corrected chi connectivity index (χ4v) is 4.57. The highest BCUT2D eigenvalue weighted by Crippen LogP contribution is 2.30. The number of rotatable bonds is 6. The highest BCUT2D eigenvalue weighted by molar-refractivity contribution is 7.89. The van der Waals surface area contributed by atoms with Crippen molar-refractivity contribution in [3.63, 3.8) is 0 Å². The molecule has 1 heterocycles. The van der Waals surface area contributed by atoms with Gasteiger partial charge in [-0.25, -0.2) is 17.9 Å². The van der Waals surface area contributed by atoms with Crippen molar-refractivity contribution in [3.8, 4) is 0 Å². The second-order valence-corrected chi connectivity index (χ2v) is 8.37. The fraction of sp³-hybridized carbons (Fsp3) is 0.167. The third kappa shape index (κ3) is 4.45.